The lowest BCUT2D eigenvalue weighted by molar-refractivity contribution is 0.0779. The summed E-state index contributed by atoms with van der Waals surface area (Å²) < 4.78 is 0. The van der Waals surface area contributed by atoms with Gasteiger partial charge < -0.3 is 5.32 Å². The van der Waals surface area contributed by atoms with Gasteiger partial charge in [0, 0.05) is 6.54 Å². The topological polar surface area (TPSA) is 12.0 Å². The molecule has 1 saturated carbocycles. The Morgan fingerprint density at radius 3 is 2.10 bits per heavy atom. The van der Waals surface area contributed by atoms with E-state index in [0.29, 0.717) is 10.8 Å². The maximum atomic E-state index is 3.66. The third-order valence-corrected chi connectivity index (χ3v) is 5.83. The summed E-state index contributed by atoms with van der Waals surface area (Å²) in [7, 11) is 0. The third kappa shape index (κ3) is 6.72. The number of hydrogen-bond acceptors (Lipinski definition) is 1. The highest BCUT2D eigenvalue weighted by Crippen LogP contribution is 2.47. The predicted molar refractivity (Wildman–Crippen MR) is 95.8 cm³/mol. The van der Waals surface area contributed by atoms with Crippen molar-refractivity contribution >= 4 is 0 Å². The molecule has 1 rings (SSSR count). The van der Waals surface area contributed by atoms with Crippen LogP contribution < -0.4 is 5.32 Å². The van der Waals surface area contributed by atoms with Crippen molar-refractivity contribution in [2.24, 2.45) is 16.7 Å². The van der Waals surface area contributed by atoms with Crippen LogP contribution in [-0.2, 0) is 0 Å². The molecule has 0 radical (unpaired) electrons. The van der Waals surface area contributed by atoms with Crippen molar-refractivity contribution in [3.8, 4) is 0 Å². The van der Waals surface area contributed by atoms with Crippen molar-refractivity contribution in [2.75, 3.05) is 13.1 Å². The van der Waals surface area contributed by atoms with Crippen molar-refractivity contribution in [3.63, 3.8) is 0 Å². The van der Waals surface area contributed by atoms with E-state index in [1.165, 1.54) is 70.8 Å². The summed E-state index contributed by atoms with van der Waals surface area (Å²) in [4.78, 5) is 0. The molecule has 0 spiro atoms. The lowest BCUT2D eigenvalue weighted by Crippen LogP contribution is -2.39. The average Bonchev–Trinajstić information content (AvgIpc) is 2.45. The number of rotatable bonds is 9. The molecule has 0 aromatic carbocycles. The molecule has 1 fully saturated rings. The van der Waals surface area contributed by atoms with Crippen LogP contribution >= 0.6 is 0 Å². The van der Waals surface area contributed by atoms with Crippen LogP contribution in [0.1, 0.15) is 98.8 Å². The van der Waals surface area contributed by atoms with Gasteiger partial charge in [-0.05, 0) is 55.4 Å². The first-order valence-corrected chi connectivity index (χ1v) is 9.64. The number of nitrogens with one attached hydrogen (secondary N) is 1. The van der Waals surface area contributed by atoms with Crippen molar-refractivity contribution in [2.45, 2.75) is 98.8 Å². The fraction of sp³-hybridized carbons (Fsp3) is 1.00. The molecule has 0 aromatic heterocycles. The van der Waals surface area contributed by atoms with Gasteiger partial charge in [0.25, 0.3) is 0 Å². The molecule has 0 aromatic rings. The molecule has 0 bridgehead atoms. The molecule has 1 aliphatic rings. The minimum atomic E-state index is 0.505. The zero-order chi connectivity index (χ0) is 15.8. The van der Waals surface area contributed by atoms with Gasteiger partial charge in [0.1, 0.15) is 0 Å². The number of hydrogen-bond donors (Lipinski definition) is 1. The molecule has 1 nitrogen and oxygen atoms in total. The average molecular weight is 296 g/mol. The van der Waals surface area contributed by atoms with E-state index in [1.807, 2.05) is 0 Å². The molecular weight excluding hydrogens is 254 g/mol. The Morgan fingerprint density at radius 2 is 1.57 bits per heavy atom. The standard InChI is InChI=1S/C20H41N/c1-6-8-9-10-11-14-20(17-21-7-2)15-12-18(13-16-20)19(3,4)5/h18,21H,6-17H2,1-5H3. The first-order chi connectivity index (χ1) is 9.93. The third-order valence-electron chi connectivity index (χ3n) is 5.83. The second-order valence-electron chi connectivity index (χ2n) is 8.58. The van der Waals surface area contributed by atoms with E-state index in [2.05, 4.69) is 39.9 Å². The van der Waals surface area contributed by atoms with E-state index in [9.17, 15) is 0 Å². The fourth-order valence-corrected chi connectivity index (χ4v) is 4.11. The Morgan fingerprint density at radius 1 is 0.952 bits per heavy atom. The smallest absolute Gasteiger partial charge is 0.000769 e. The molecule has 1 aliphatic carbocycles. The molecule has 1 heteroatoms. The molecule has 126 valence electrons. The minimum absolute atomic E-state index is 0.505. The molecule has 0 saturated heterocycles. The SMILES string of the molecule is CCCCCCCC1(CNCC)CCC(C(C)(C)C)CC1. The molecule has 0 atom stereocenters. The van der Waals surface area contributed by atoms with Gasteiger partial charge in [-0.3, -0.25) is 0 Å². The highest BCUT2D eigenvalue weighted by Gasteiger charge is 2.37. The van der Waals surface area contributed by atoms with Gasteiger partial charge >= 0.3 is 0 Å². The highest BCUT2D eigenvalue weighted by atomic mass is 14.9. The lowest BCUT2D eigenvalue weighted by Gasteiger charge is -2.44. The van der Waals surface area contributed by atoms with Crippen LogP contribution in [0.3, 0.4) is 0 Å². The lowest BCUT2D eigenvalue weighted by atomic mass is 9.62. The summed E-state index contributed by atoms with van der Waals surface area (Å²) in [6.45, 7) is 14.2. The molecule has 0 unspecified atom stereocenters. The zero-order valence-electron chi connectivity index (χ0n) is 15.6. The normalized spacial score (nSPS) is 27.0. The summed E-state index contributed by atoms with van der Waals surface area (Å²) in [6.07, 6.45) is 14.4. The van der Waals surface area contributed by atoms with Crippen molar-refractivity contribution in [3.05, 3.63) is 0 Å². The highest BCUT2D eigenvalue weighted by molar-refractivity contribution is 4.90. The summed E-state index contributed by atoms with van der Waals surface area (Å²) >= 11 is 0. The Bertz CT molecular complexity index is 256. The van der Waals surface area contributed by atoms with Gasteiger partial charge in [-0.1, -0.05) is 66.7 Å². The molecule has 0 heterocycles. The van der Waals surface area contributed by atoms with Crippen LogP contribution in [0.15, 0.2) is 0 Å². The maximum absolute atomic E-state index is 3.66. The van der Waals surface area contributed by atoms with Gasteiger partial charge in [0.2, 0.25) is 0 Å². The monoisotopic (exact) mass is 295 g/mol. The van der Waals surface area contributed by atoms with Crippen molar-refractivity contribution < 1.29 is 0 Å². The molecule has 1 N–H and O–H groups in total. The van der Waals surface area contributed by atoms with Gasteiger partial charge in [0.05, 0.1) is 0 Å². The van der Waals surface area contributed by atoms with E-state index in [1.54, 1.807) is 0 Å². The van der Waals surface area contributed by atoms with Crippen LogP contribution in [0.5, 0.6) is 0 Å². The quantitative estimate of drug-likeness (QED) is 0.501. The van der Waals surface area contributed by atoms with Gasteiger partial charge in [0.15, 0.2) is 0 Å². The van der Waals surface area contributed by atoms with Gasteiger partial charge in [-0.25, -0.2) is 0 Å². The summed E-state index contributed by atoms with van der Waals surface area (Å²) in [5.41, 5.74) is 1.12. The molecule has 21 heavy (non-hydrogen) atoms. The summed E-state index contributed by atoms with van der Waals surface area (Å²) in [6, 6.07) is 0. The van der Waals surface area contributed by atoms with Crippen LogP contribution in [-0.4, -0.2) is 13.1 Å². The van der Waals surface area contributed by atoms with E-state index >= 15 is 0 Å². The zero-order valence-corrected chi connectivity index (χ0v) is 15.6. The van der Waals surface area contributed by atoms with E-state index in [0.717, 1.165) is 12.5 Å². The first kappa shape index (κ1) is 19.0. The van der Waals surface area contributed by atoms with E-state index < -0.39 is 0 Å². The van der Waals surface area contributed by atoms with E-state index in [4.69, 9.17) is 0 Å². The maximum Gasteiger partial charge on any atom is 0.000769 e. The van der Waals surface area contributed by atoms with Crippen molar-refractivity contribution in [1.29, 1.82) is 0 Å². The molecular formula is C20H41N. The Kier molecular flexibility index (Phi) is 8.31. The van der Waals surface area contributed by atoms with Crippen LogP contribution in [0, 0.1) is 16.7 Å². The Hall–Kier alpha value is -0.0400. The largest absolute Gasteiger partial charge is 0.316 e. The Labute approximate surface area is 134 Å². The van der Waals surface area contributed by atoms with E-state index in [-0.39, 0.29) is 0 Å². The van der Waals surface area contributed by atoms with Crippen LogP contribution in [0.25, 0.3) is 0 Å². The second-order valence-corrected chi connectivity index (χ2v) is 8.58. The van der Waals surface area contributed by atoms with Gasteiger partial charge in [-0.15, -0.1) is 0 Å². The second kappa shape index (κ2) is 9.18. The first-order valence-electron chi connectivity index (χ1n) is 9.64. The van der Waals surface area contributed by atoms with Crippen LogP contribution in [0.2, 0.25) is 0 Å². The Balaban J connectivity index is 2.45. The predicted octanol–water partition coefficient (Wildman–Crippen LogP) is 6.18. The minimum Gasteiger partial charge on any atom is -0.316 e. The summed E-state index contributed by atoms with van der Waals surface area (Å²) in [5.74, 6) is 0.937. The van der Waals surface area contributed by atoms with Gasteiger partial charge in [-0.2, -0.15) is 0 Å². The number of unbranched alkanes of at least 4 members (excludes halogenated alkanes) is 4. The fourth-order valence-electron chi connectivity index (χ4n) is 4.11. The van der Waals surface area contributed by atoms with Crippen LogP contribution in [0.4, 0.5) is 0 Å². The molecule has 0 aliphatic heterocycles. The summed E-state index contributed by atoms with van der Waals surface area (Å²) in [5, 5.41) is 3.66. The van der Waals surface area contributed by atoms with Crippen molar-refractivity contribution in [1.82, 2.24) is 5.32 Å². The molecule has 0 amide bonds.